The zero-order valence-corrected chi connectivity index (χ0v) is 16.5. The van der Waals surface area contributed by atoms with Crippen LogP contribution in [0.3, 0.4) is 0 Å². The van der Waals surface area contributed by atoms with Crippen molar-refractivity contribution in [2.24, 2.45) is 0 Å². The van der Waals surface area contributed by atoms with E-state index in [0.29, 0.717) is 28.3 Å². The molecule has 6 nitrogen and oxygen atoms in total. The van der Waals surface area contributed by atoms with Crippen LogP contribution in [0.2, 0.25) is 0 Å². The van der Waals surface area contributed by atoms with Gasteiger partial charge in [-0.2, -0.15) is 0 Å². The number of hydrogen-bond donors (Lipinski definition) is 1. The number of ether oxygens (including phenoxy) is 2. The molecular weight excluding hydrogens is 368 g/mol. The number of aromatic hydroxyl groups is 1. The zero-order valence-electron chi connectivity index (χ0n) is 16.5. The molecule has 1 aliphatic heterocycles. The number of anilines is 2. The van der Waals surface area contributed by atoms with Gasteiger partial charge in [-0.25, -0.2) is 0 Å². The average Bonchev–Trinajstić information content (AvgIpc) is 2.77. The summed E-state index contributed by atoms with van der Waals surface area (Å²) in [5, 5.41) is 10.8. The van der Waals surface area contributed by atoms with Gasteiger partial charge in [-0.1, -0.05) is 24.3 Å². The fourth-order valence-electron chi connectivity index (χ4n) is 3.77. The molecule has 0 unspecified atom stereocenters. The number of amides is 1. The molecule has 6 heteroatoms. The predicted molar refractivity (Wildman–Crippen MR) is 112 cm³/mol. The predicted octanol–water partition coefficient (Wildman–Crippen LogP) is 4.20. The number of para-hydroxylation sites is 2. The Bertz CT molecular complexity index is 1050. The molecule has 1 aliphatic rings. The largest absolute Gasteiger partial charge is 0.504 e. The summed E-state index contributed by atoms with van der Waals surface area (Å²) in [6.45, 7) is 0. The lowest BCUT2D eigenvalue weighted by Crippen LogP contribution is -2.48. The van der Waals surface area contributed by atoms with Crippen LogP contribution in [-0.4, -0.2) is 32.3 Å². The van der Waals surface area contributed by atoms with Crippen molar-refractivity contribution in [1.82, 2.24) is 0 Å². The maximum Gasteiger partial charge on any atom is 0.262 e. The molecule has 0 aliphatic carbocycles. The van der Waals surface area contributed by atoms with Crippen LogP contribution in [0, 0.1) is 0 Å². The normalized spacial score (nSPS) is 15.8. The van der Waals surface area contributed by atoms with Crippen molar-refractivity contribution >= 4 is 17.3 Å². The Morgan fingerprint density at radius 1 is 0.897 bits per heavy atom. The Hall–Kier alpha value is -3.67. The number of fused-ring (bicyclic) bond motifs is 1. The van der Waals surface area contributed by atoms with Crippen LogP contribution in [0.25, 0.3) is 0 Å². The first-order chi connectivity index (χ1) is 14.1. The molecule has 0 saturated heterocycles. The van der Waals surface area contributed by atoms with Gasteiger partial charge in [0, 0.05) is 18.3 Å². The molecular formula is C23H22N2O4. The minimum absolute atomic E-state index is 0.0116. The molecule has 1 atom stereocenters. The highest BCUT2D eigenvalue weighted by atomic mass is 16.5. The summed E-state index contributed by atoms with van der Waals surface area (Å²) in [6.07, 6.45) is -0.555. The van der Waals surface area contributed by atoms with Gasteiger partial charge in [0.15, 0.2) is 11.5 Å². The molecule has 29 heavy (non-hydrogen) atoms. The summed E-state index contributed by atoms with van der Waals surface area (Å²) in [7, 11) is 5.01. The third-order valence-electron chi connectivity index (χ3n) is 5.22. The summed E-state index contributed by atoms with van der Waals surface area (Å²) >= 11 is 0. The molecule has 1 N–H and O–H groups in total. The first-order valence-corrected chi connectivity index (χ1v) is 9.22. The minimum Gasteiger partial charge on any atom is -0.504 e. The van der Waals surface area contributed by atoms with Gasteiger partial charge in [-0.15, -0.1) is 0 Å². The van der Waals surface area contributed by atoms with E-state index in [-0.39, 0.29) is 11.7 Å². The monoisotopic (exact) mass is 390 g/mol. The fraction of sp³-hybridized carbons (Fsp3) is 0.174. The number of hydrogen-bond acceptors (Lipinski definition) is 5. The van der Waals surface area contributed by atoms with Crippen LogP contribution in [0.15, 0.2) is 66.7 Å². The van der Waals surface area contributed by atoms with E-state index >= 15 is 0 Å². The van der Waals surface area contributed by atoms with Crippen LogP contribution in [0.1, 0.15) is 22.1 Å². The molecule has 0 fully saturated rings. The van der Waals surface area contributed by atoms with Gasteiger partial charge in [-0.05, 0) is 42.5 Å². The van der Waals surface area contributed by atoms with E-state index in [1.807, 2.05) is 60.5 Å². The van der Waals surface area contributed by atoms with Crippen molar-refractivity contribution < 1.29 is 19.4 Å². The SMILES string of the molecule is COc1ccc(N2C(=O)c3ccccc3N(C)[C@H]2c2cccc(OC)c2O)cc1. The summed E-state index contributed by atoms with van der Waals surface area (Å²) in [5.41, 5.74) is 2.67. The molecule has 148 valence electrons. The van der Waals surface area contributed by atoms with Crippen molar-refractivity contribution in [3.63, 3.8) is 0 Å². The van der Waals surface area contributed by atoms with Gasteiger partial charge in [0.05, 0.1) is 25.5 Å². The molecule has 0 aromatic heterocycles. The van der Waals surface area contributed by atoms with Crippen molar-refractivity contribution in [3.8, 4) is 17.2 Å². The minimum atomic E-state index is -0.555. The number of phenols is 1. The van der Waals surface area contributed by atoms with Gasteiger partial charge < -0.3 is 19.5 Å². The molecule has 0 bridgehead atoms. The Kier molecular flexibility index (Phi) is 4.76. The lowest BCUT2D eigenvalue weighted by Gasteiger charge is -2.44. The highest BCUT2D eigenvalue weighted by Crippen LogP contribution is 2.44. The topological polar surface area (TPSA) is 62.2 Å². The molecule has 4 rings (SSSR count). The van der Waals surface area contributed by atoms with Crippen molar-refractivity contribution in [3.05, 3.63) is 77.9 Å². The van der Waals surface area contributed by atoms with Crippen LogP contribution < -0.4 is 19.3 Å². The van der Waals surface area contributed by atoms with Crippen molar-refractivity contribution in [1.29, 1.82) is 0 Å². The Morgan fingerprint density at radius 2 is 1.62 bits per heavy atom. The second kappa shape index (κ2) is 7.39. The first-order valence-electron chi connectivity index (χ1n) is 9.22. The molecule has 1 amide bonds. The quantitative estimate of drug-likeness (QED) is 0.723. The highest BCUT2D eigenvalue weighted by Gasteiger charge is 2.39. The molecule has 3 aromatic carbocycles. The van der Waals surface area contributed by atoms with E-state index in [1.54, 1.807) is 30.2 Å². The average molecular weight is 390 g/mol. The van der Waals surface area contributed by atoms with Crippen LogP contribution in [0.5, 0.6) is 17.2 Å². The molecule has 0 saturated carbocycles. The number of benzene rings is 3. The molecule has 0 radical (unpaired) electrons. The molecule has 1 heterocycles. The van der Waals surface area contributed by atoms with E-state index < -0.39 is 6.17 Å². The molecule has 0 spiro atoms. The summed E-state index contributed by atoms with van der Waals surface area (Å²) in [5.74, 6) is 0.929. The van der Waals surface area contributed by atoms with Gasteiger partial charge in [0.25, 0.3) is 5.91 Å². The Balaban J connectivity index is 1.92. The van der Waals surface area contributed by atoms with Crippen molar-refractivity contribution in [2.75, 3.05) is 31.1 Å². The van der Waals surface area contributed by atoms with Gasteiger partial charge in [-0.3, -0.25) is 9.69 Å². The maximum atomic E-state index is 13.5. The van der Waals surface area contributed by atoms with E-state index in [4.69, 9.17) is 9.47 Å². The second-order valence-corrected chi connectivity index (χ2v) is 6.77. The summed E-state index contributed by atoms with van der Waals surface area (Å²) in [6, 6.07) is 20.1. The Morgan fingerprint density at radius 3 is 2.31 bits per heavy atom. The third-order valence-corrected chi connectivity index (χ3v) is 5.22. The van der Waals surface area contributed by atoms with Gasteiger partial charge in [0.1, 0.15) is 11.9 Å². The van der Waals surface area contributed by atoms with Crippen molar-refractivity contribution in [2.45, 2.75) is 6.17 Å². The number of nitrogens with zero attached hydrogens (tertiary/aromatic N) is 2. The fourth-order valence-corrected chi connectivity index (χ4v) is 3.77. The standard InChI is InChI=1S/C23H22N2O4/c1-24-19-9-5-4-7-17(19)23(27)25(15-11-13-16(28-2)14-12-15)22(24)18-8-6-10-20(29-3)21(18)26/h4-14,22,26H,1-3H3/t22-/m1/s1. The van der Waals surface area contributed by atoms with Crippen LogP contribution >= 0.6 is 0 Å². The molecule has 3 aromatic rings. The number of methoxy groups -OCH3 is 2. The van der Waals surface area contributed by atoms with E-state index in [1.165, 1.54) is 7.11 Å². The van der Waals surface area contributed by atoms with E-state index in [0.717, 1.165) is 5.69 Å². The number of carbonyl (C=O) groups excluding carboxylic acids is 1. The summed E-state index contributed by atoms with van der Waals surface area (Å²) < 4.78 is 10.5. The highest BCUT2D eigenvalue weighted by molar-refractivity contribution is 6.12. The maximum absolute atomic E-state index is 13.5. The number of rotatable bonds is 4. The number of phenolic OH excluding ortho intramolecular Hbond substituents is 1. The van der Waals surface area contributed by atoms with Crippen LogP contribution in [-0.2, 0) is 0 Å². The first kappa shape index (κ1) is 18.7. The van der Waals surface area contributed by atoms with E-state index in [2.05, 4.69) is 0 Å². The smallest absolute Gasteiger partial charge is 0.262 e. The number of carbonyl (C=O) groups is 1. The lowest BCUT2D eigenvalue weighted by atomic mass is 10.00. The second-order valence-electron chi connectivity index (χ2n) is 6.77. The zero-order chi connectivity index (χ0) is 20.5. The van der Waals surface area contributed by atoms with Gasteiger partial charge in [0.2, 0.25) is 0 Å². The lowest BCUT2D eigenvalue weighted by molar-refractivity contribution is 0.0969. The summed E-state index contributed by atoms with van der Waals surface area (Å²) in [4.78, 5) is 17.2. The Labute approximate surface area is 169 Å². The van der Waals surface area contributed by atoms with Crippen LogP contribution in [0.4, 0.5) is 11.4 Å². The third kappa shape index (κ3) is 3.02. The van der Waals surface area contributed by atoms with Gasteiger partial charge >= 0.3 is 0 Å². The van der Waals surface area contributed by atoms with E-state index in [9.17, 15) is 9.90 Å².